The van der Waals surface area contributed by atoms with E-state index in [0.717, 1.165) is 11.3 Å². The maximum absolute atomic E-state index is 12.2. The molecule has 0 aliphatic carbocycles. The average Bonchev–Trinajstić information content (AvgIpc) is 3.15. The van der Waals surface area contributed by atoms with Gasteiger partial charge < -0.3 is 15.1 Å². The highest BCUT2D eigenvalue weighted by atomic mass is 32.2. The number of sulfonamides is 1. The van der Waals surface area contributed by atoms with Crippen LogP contribution in [0.15, 0.2) is 45.9 Å². The van der Waals surface area contributed by atoms with Crippen LogP contribution < -0.4 is 15.4 Å². The van der Waals surface area contributed by atoms with Crippen LogP contribution in [-0.2, 0) is 28.5 Å². The van der Waals surface area contributed by atoms with Gasteiger partial charge >= 0.3 is 0 Å². The summed E-state index contributed by atoms with van der Waals surface area (Å²) in [5.41, 5.74) is 0.804. The third kappa shape index (κ3) is 8.25. The second-order valence-corrected chi connectivity index (χ2v) is 9.54. The number of hydrogen-bond acceptors (Lipinski definition) is 5. The highest BCUT2D eigenvalue weighted by Gasteiger charge is 2.19. The lowest BCUT2D eigenvalue weighted by Crippen LogP contribution is -2.41. The van der Waals surface area contributed by atoms with Crippen LogP contribution in [0.5, 0.6) is 0 Å². The average molecular weight is 422 g/mol. The summed E-state index contributed by atoms with van der Waals surface area (Å²) < 4.78 is 32.7. The van der Waals surface area contributed by atoms with E-state index >= 15 is 0 Å². The van der Waals surface area contributed by atoms with Crippen LogP contribution in [0.3, 0.4) is 0 Å². The van der Waals surface area contributed by atoms with Crippen molar-refractivity contribution in [2.75, 3.05) is 18.8 Å². The quantitative estimate of drug-likeness (QED) is 0.423. The first-order chi connectivity index (χ1) is 13.7. The topological polar surface area (TPSA) is 109 Å². The van der Waals surface area contributed by atoms with Gasteiger partial charge in [0.05, 0.1) is 11.9 Å². The van der Waals surface area contributed by atoms with Crippen LogP contribution in [0.1, 0.15) is 44.9 Å². The zero-order chi connectivity index (χ0) is 21.3. The number of aliphatic imine (C=N–C) groups is 1. The lowest BCUT2D eigenvalue weighted by Gasteiger charge is -2.13. The lowest BCUT2D eigenvalue weighted by molar-refractivity contribution is 0.383. The van der Waals surface area contributed by atoms with Crippen molar-refractivity contribution in [3.05, 3.63) is 53.7 Å². The van der Waals surface area contributed by atoms with Crippen LogP contribution in [0.25, 0.3) is 0 Å². The van der Waals surface area contributed by atoms with E-state index in [2.05, 4.69) is 46.1 Å². The molecule has 0 amide bonds. The van der Waals surface area contributed by atoms with Gasteiger partial charge in [-0.25, -0.2) is 23.1 Å². The molecule has 0 unspecified atom stereocenters. The lowest BCUT2D eigenvalue weighted by atomic mass is 9.94. The monoisotopic (exact) mass is 421 g/mol. The standard InChI is InChI=1S/C20H31N5O3S/c1-5-21-19(24-15-18-23-14-17(28-18)20(2,3)4)22-11-12-29(26,27)25-13-16-9-7-6-8-10-16/h6-10,14,25H,5,11-13,15H2,1-4H3,(H2,21,22,24). The number of aromatic nitrogens is 1. The summed E-state index contributed by atoms with van der Waals surface area (Å²) in [5, 5.41) is 6.12. The molecule has 0 saturated carbocycles. The Bertz CT molecular complexity index is 886. The molecule has 8 nitrogen and oxygen atoms in total. The van der Waals surface area contributed by atoms with Crippen molar-refractivity contribution < 1.29 is 12.8 Å². The van der Waals surface area contributed by atoms with Crippen LogP contribution in [0.2, 0.25) is 0 Å². The van der Waals surface area contributed by atoms with Crippen molar-refractivity contribution in [2.45, 2.75) is 46.2 Å². The highest BCUT2D eigenvalue weighted by molar-refractivity contribution is 7.89. The summed E-state index contributed by atoms with van der Waals surface area (Å²) in [6, 6.07) is 9.41. The van der Waals surface area contributed by atoms with Gasteiger partial charge in [-0.05, 0) is 12.5 Å². The molecule has 2 rings (SSSR count). The summed E-state index contributed by atoms with van der Waals surface area (Å²) in [6.07, 6.45) is 1.72. The van der Waals surface area contributed by atoms with Gasteiger partial charge in [-0.15, -0.1) is 0 Å². The highest BCUT2D eigenvalue weighted by Crippen LogP contribution is 2.22. The molecule has 29 heavy (non-hydrogen) atoms. The van der Waals surface area contributed by atoms with Gasteiger partial charge in [0.1, 0.15) is 12.3 Å². The molecule has 0 aliphatic rings. The molecule has 0 bridgehead atoms. The van der Waals surface area contributed by atoms with Crippen molar-refractivity contribution in [1.82, 2.24) is 20.3 Å². The number of guanidine groups is 1. The molecule has 1 aromatic heterocycles. The van der Waals surface area contributed by atoms with E-state index < -0.39 is 10.0 Å². The number of nitrogens with one attached hydrogen (secondary N) is 3. The Hall–Kier alpha value is -2.39. The predicted molar refractivity (Wildman–Crippen MR) is 115 cm³/mol. The fraction of sp³-hybridized carbons (Fsp3) is 0.500. The number of hydrogen-bond donors (Lipinski definition) is 3. The molecule has 160 valence electrons. The van der Waals surface area contributed by atoms with Crippen molar-refractivity contribution in [3.63, 3.8) is 0 Å². The Morgan fingerprint density at radius 2 is 1.90 bits per heavy atom. The SMILES string of the molecule is CCNC(=NCc1ncc(C(C)(C)C)o1)NCCS(=O)(=O)NCc1ccccc1. The van der Waals surface area contributed by atoms with Crippen molar-refractivity contribution >= 4 is 16.0 Å². The molecule has 0 fully saturated rings. The van der Waals surface area contributed by atoms with E-state index in [-0.39, 0.29) is 30.8 Å². The molecule has 0 atom stereocenters. The molecule has 2 aromatic rings. The summed E-state index contributed by atoms with van der Waals surface area (Å²) in [5.74, 6) is 1.78. The first kappa shape index (κ1) is 22.9. The molecule has 0 spiro atoms. The molecular weight excluding hydrogens is 390 g/mol. The van der Waals surface area contributed by atoms with Crippen LogP contribution >= 0.6 is 0 Å². The first-order valence-electron chi connectivity index (χ1n) is 9.68. The zero-order valence-corrected chi connectivity index (χ0v) is 18.3. The minimum absolute atomic E-state index is 0.0581. The fourth-order valence-corrected chi connectivity index (χ4v) is 3.29. The van der Waals surface area contributed by atoms with Crippen molar-refractivity contribution in [2.24, 2.45) is 4.99 Å². The summed E-state index contributed by atoms with van der Waals surface area (Å²) in [6.45, 7) is 9.54. The zero-order valence-electron chi connectivity index (χ0n) is 17.5. The van der Waals surface area contributed by atoms with Crippen LogP contribution in [-0.4, -0.2) is 38.2 Å². The van der Waals surface area contributed by atoms with E-state index in [1.165, 1.54) is 0 Å². The van der Waals surface area contributed by atoms with Crippen molar-refractivity contribution in [1.29, 1.82) is 0 Å². The van der Waals surface area contributed by atoms with E-state index in [1.54, 1.807) is 6.20 Å². The smallest absolute Gasteiger partial charge is 0.216 e. The number of benzene rings is 1. The third-order valence-corrected chi connectivity index (χ3v) is 5.34. The number of nitrogens with zero attached hydrogens (tertiary/aromatic N) is 2. The number of oxazole rings is 1. The van der Waals surface area contributed by atoms with Crippen molar-refractivity contribution in [3.8, 4) is 0 Å². The predicted octanol–water partition coefficient (Wildman–Crippen LogP) is 2.15. The molecule has 0 saturated heterocycles. The molecule has 3 N–H and O–H groups in total. The van der Waals surface area contributed by atoms with Crippen LogP contribution in [0, 0.1) is 0 Å². The van der Waals surface area contributed by atoms with Gasteiger partial charge in [-0.2, -0.15) is 0 Å². The Balaban J connectivity index is 1.84. The summed E-state index contributed by atoms with van der Waals surface area (Å²) in [4.78, 5) is 8.67. The Labute approximate surface area is 173 Å². The van der Waals surface area contributed by atoms with Gasteiger partial charge in [0.2, 0.25) is 15.9 Å². The third-order valence-electron chi connectivity index (χ3n) is 4.01. The van der Waals surface area contributed by atoms with E-state index in [1.807, 2.05) is 37.3 Å². The fourth-order valence-electron chi connectivity index (χ4n) is 2.38. The van der Waals surface area contributed by atoms with E-state index in [9.17, 15) is 8.42 Å². The molecular formula is C20H31N5O3S. The Morgan fingerprint density at radius 1 is 1.17 bits per heavy atom. The van der Waals surface area contributed by atoms with E-state index in [0.29, 0.717) is 18.4 Å². The van der Waals surface area contributed by atoms with Gasteiger partial charge in [0.15, 0.2) is 5.96 Å². The van der Waals surface area contributed by atoms with Crippen LogP contribution in [0.4, 0.5) is 0 Å². The molecule has 0 aliphatic heterocycles. The minimum Gasteiger partial charge on any atom is -0.443 e. The van der Waals surface area contributed by atoms with Gasteiger partial charge in [0, 0.05) is 25.0 Å². The first-order valence-corrected chi connectivity index (χ1v) is 11.3. The molecule has 9 heteroatoms. The second-order valence-electron chi connectivity index (χ2n) is 7.62. The minimum atomic E-state index is -3.40. The summed E-state index contributed by atoms with van der Waals surface area (Å²) in [7, 11) is -3.40. The molecule has 0 radical (unpaired) electrons. The Kier molecular flexibility index (Phi) is 8.21. The van der Waals surface area contributed by atoms with Gasteiger partial charge in [-0.1, -0.05) is 51.1 Å². The molecule has 1 aromatic carbocycles. The van der Waals surface area contributed by atoms with Gasteiger partial charge in [0.25, 0.3) is 0 Å². The second kappa shape index (κ2) is 10.4. The van der Waals surface area contributed by atoms with Gasteiger partial charge in [-0.3, -0.25) is 0 Å². The number of rotatable bonds is 9. The normalized spacial score (nSPS) is 12.8. The van der Waals surface area contributed by atoms with E-state index in [4.69, 9.17) is 4.42 Å². The summed E-state index contributed by atoms with van der Waals surface area (Å²) >= 11 is 0. The molecule has 1 heterocycles. The maximum Gasteiger partial charge on any atom is 0.216 e. The largest absolute Gasteiger partial charge is 0.443 e. The maximum atomic E-state index is 12.2. The Morgan fingerprint density at radius 3 is 2.52 bits per heavy atom.